The van der Waals surface area contributed by atoms with Crippen LogP contribution in [0, 0.1) is 0 Å². The molecule has 2 N–H and O–H groups in total. The minimum absolute atomic E-state index is 0.0464. The topological polar surface area (TPSA) is 44.4 Å². The van der Waals surface area contributed by atoms with Gasteiger partial charge < -0.3 is 10.6 Å². The number of carbonyl (C=O) groups excluding carboxylic acids is 1. The first-order valence-electron chi connectivity index (χ1n) is 12.6. The van der Waals surface area contributed by atoms with Crippen LogP contribution in [0.4, 0.5) is 36.8 Å². The molecule has 0 bridgehead atoms. The highest BCUT2D eigenvalue weighted by atomic mass is 19.4. The van der Waals surface area contributed by atoms with Gasteiger partial charge in [0.15, 0.2) is 0 Å². The third-order valence-corrected chi connectivity index (χ3v) is 6.46. The number of amides is 2. The van der Waals surface area contributed by atoms with E-state index in [2.05, 4.69) is 29.4 Å². The van der Waals surface area contributed by atoms with E-state index in [0.717, 1.165) is 70.9 Å². The summed E-state index contributed by atoms with van der Waals surface area (Å²) in [6.45, 7) is 6.08. The van der Waals surface area contributed by atoms with Gasteiger partial charge >= 0.3 is 18.4 Å². The molecule has 0 unspecified atom stereocenters. The number of nitrogens with zero attached hydrogens (tertiary/aromatic N) is 1. The molecule has 35 heavy (non-hydrogen) atoms. The molecule has 0 aliphatic heterocycles. The molecule has 2 rings (SSSR count). The van der Waals surface area contributed by atoms with Crippen LogP contribution in [-0.4, -0.2) is 36.1 Å². The third-order valence-electron chi connectivity index (χ3n) is 6.46. The largest absolute Gasteiger partial charge is 0.416 e. The Kier molecular flexibility index (Phi) is 11.2. The predicted molar refractivity (Wildman–Crippen MR) is 125 cm³/mol. The normalized spacial score (nSPS) is 19.1. The minimum atomic E-state index is -4.97. The van der Waals surface area contributed by atoms with Crippen molar-refractivity contribution in [1.29, 1.82) is 0 Å². The average molecular weight is 510 g/mol. The molecule has 0 radical (unpaired) electrons. The van der Waals surface area contributed by atoms with Crippen molar-refractivity contribution in [2.45, 2.75) is 102 Å². The van der Waals surface area contributed by atoms with Crippen molar-refractivity contribution in [3.05, 3.63) is 29.3 Å². The Bertz CT molecular complexity index is 754. The van der Waals surface area contributed by atoms with E-state index in [0.29, 0.717) is 18.6 Å². The van der Waals surface area contributed by atoms with Crippen LogP contribution in [0.15, 0.2) is 18.2 Å². The average Bonchev–Trinajstić information content (AvgIpc) is 2.77. The number of urea groups is 1. The van der Waals surface area contributed by atoms with Gasteiger partial charge in [0.25, 0.3) is 0 Å². The summed E-state index contributed by atoms with van der Waals surface area (Å²) in [6.07, 6.45) is 0.0665. The van der Waals surface area contributed by atoms with Crippen molar-refractivity contribution in [2.75, 3.05) is 18.4 Å². The summed E-state index contributed by atoms with van der Waals surface area (Å²) in [5.74, 6) is 0. The van der Waals surface area contributed by atoms with Gasteiger partial charge in [-0.2, -0.15) is 26.3 Å². The number of hydrogen-bond acceptors (Lipinski definition) is 2. The van der Waals surface area contributed by atoms with Crippen LogP contribution in [0.3, 0.4) is 0 Å². The molecule has 4 nitrogen and oxygen atoms in total. The van der Waals surface area contributed by atoms with E-state index in [4.69, 9.17) is 0 Å². The molecule has 1 fully saturated rings. The number of alkyl halides is 6. The summed E-state index contributed by atoms with van der Waals surface area (Å²) in [4.78, 5) is 15.1. The molecule has 1 aromatic carbocycles. The van der Waals surface area contributed by atoms with Crippen LogP contribution in [-0.2, 0) is 12.4 Å². The highest BCUT2D eigenvalue weighted by molar-refractivity contribution is 5.89. The van der Waals surface area contributed by atoms with Crippen LogP contribution < -0.4 is 10.6 Å². The van der Waals surface area contributed by atoms with Crippen LogP contribution in [0.2, 0.25) is 0 Å². The van der Waals surface area contributed by atoms with Gasteiger partial charge in [-0.1, -0.05) is 52.4 Å². The van der Waals surface area contributed by atoms with E-state index in [1.807, 2.05) is 0 Å². The zero-order valence-corrected chi connectivity index (χ0v) is 20.5. The molecule has 1 aliphatic carbocycles. The maximum atomic E-state index is 13.1. The predicted octanol–water partition coefficient (Wildman–Crippen LogP) is 7.84. The lowest BCUT2D eigenvalue weighted by atomic mass is 9.88. The van der Waals surface area contributed by atoms with E-state index in [9.17, 15) is 31.1 Å². The summed E-state index contributed by atoms with van der Waals surface area (Å²) in [6, 6.07) is 0.168. The maximum Gasteiger partial charge on any atom is 0.416 e. The molecule has 0 spiro atoms. The summed E-state index contributed by atoms with van der Waals surface area (Å²) >= 11 is 0. The number of halogens is 6. The van der Waals surface area contributed by atoms with Crippen molar-refractivity contribution in [2.24, 2.45) is 0 Å². The Morgan fingerprint density at radius 1 is 0.857 bits per heavy atom. The number of hydrogen-bond donors (Lipinski definition) is 2. The maximum absolute atomic E-state index is 13.1. The minimum Gasteiger partial charge on any atom is -0.334 e. The van der Waals surface area contributed by atoms with Gasteiger partial charge in [0.05, 0.1) is 11.1 Å². The van der Waals surface area contributed by atoms with Gasteiger partial charge in [0, 0.05) is 17.8 Å². The quantitative estimate of drug-likeness (QED) is 0.236. The molecule has 2 amide bonds. The molecule has 0 aromatic heterocycles. The van der Waals surface area contributed by atoms with Crippen molar-refractivity contribution in [3.8, 4) is 0 Å². The number of unbranched alkanes of at least 4 members (excludes halogenated alkanes) is 4. The third kappa shape index (κ3) is 9.54. The first kappa shape index (κ1) is 29.3. The Morgan fingerprint density at radius 2 is 1.37 bits per heavy atom. The standard InChI is InChI=1S/C25H37F6N3O/c1-3-5-9-13-34(14-10-6-4-2)22-12-8-7-11-21(22)33-23(35)32-20-16-18(24(26,27)28)15-19(17-20)25(29,30)31/h15-17,21-22H,3-14H2,1-2H3,(H2,32,33,35)/t21-,22-/m1/s1. The van der Waals surface area contributed by atoms with Gasteiger partial charge in [-0.25, -0.2) is 4.79 Å². The van der Waals surface area contributed by atoms with Crippen molar-refractivity contribution in [3.63, 3.8) is 0 Å². The smallest absolute Gasteiger partial charge is 0.334 e. The lowest BCUT2D eigenvalue weighted by Gasteiger charge is -2.40. The second-order valence-corrected chi connectivity index (χ2v) is 9.30. The first-order valence-corrected chi connectivity index (χ1v) is 12.6. The van der Waals surface area contributed by atoms with E-state index < -0.39 is 35.2 Å². The van der Waals surface area contributed by atoms with Crippen LogP contribution in [0.5, 0.6) is 0 Å². The molecule has 1 aromatic rings. The Balaban J connectivity index is 2.15. The Labute approximate surface area is 203 Å². The zero-order chi connectivity index (χ0) is 26.1. The molecule has 200 valence electrons. The summed E-state index contributed by atoms with van der Waals surface area (Å²) in [5, 5.41) is 5.05. The lowest BCUT2D eigenvalue weighted by molar-refractivity contribution is -0.143. The molecular weight excluding hydrogens is 472 g/mol. The first-order chi connectivity index (χ1) is 16.5. The van der Waals surface area contributed by atoms with Gasteiger partial charge in [0.1, 0.15) is 0 Å². The summed E-state index contributed by atoms with van der Waals surface area (Å²) < 4.78 is 78.8. The monoisotopic (exact) mass is 509 g/mol. The van der Waals surface area contributed by atoms with Gasteiger partial charge in [0.2, 0.25) is 0 Å². The van der Waals surface area contributed by atoms with Crippen molar-refractivity contribution in [1.82, 2.24) is 10.2 Å². The highest BCUT2D eigenvalue weighted by Crippen LogP contribution is 2.37. The summed E-state index contributed by atoms with van der Waals surface area (Å²) in [7, 11) is 0. The highest BCUT2D eigenvalue weighted by Gasteiger charge is 2.37. The second-order valence-electron chi connectivity index (χ2n) is 9.30. The van der Waals surface area contributed by atoms with E-state index in [1.54, 1.807) is 0 Å². The number of benzene rings is 1. The Morgan fingerprint density at radius 3 is 1.86 bits per heavy atom. The fourth-order valence-corrected chi connectivity index (χ4v) is 4.65. The summed E-state index contributed by atoms with van der Waals surface area (Å²) in [5.41, 5.74) is -3.47. The van der Waals surface area contributed by atoms with Crippen LogP contribution in [0.1, 0.15) is 89.2 Å². The van der Waals surface area contributed by atoms with Gasteiger partial charge in [-0.15, -0.1) is 0 Å². The molecule has 10 heteroatoms. The van der Waals surface area contributed by atoms with Crippen molar-refractivity contribution < 1.29 is 31.1 Å². The van der Waals surface area contributed by atoms with E-state index in [1.165, 1.54) is 0 Å². The molecule has 1 saturated carbocycles. The van der Waals surface area contributed by atoms with Crippen molar-refractivity contribution >= 4 is 11.7 Å². The molecule has 0 heterocycles. The second kappa shape index (κ2) is 13.4. The van der Waals surface area contributed by atoms with Gasteiger partial charge in [-0.3, -0.25) is 4.90 Å². The number of anilines is 1. The van der Waals surface area contributed by atoms with Crippen LogP contribution in [0.25, 0.3) is 0 Å². The Hall–Kier alpha value is -1.97. The SMILES string of the molecule is CCCCCN(CCCCC)[C@@H]1CCCC[C@H]1NC(=O)Nc1cc(C(F)(F)F)cc(C(F)(F)F)c1. The fourth-order valence-electron chi connectivity index (χ4n) is 4.65. The molecule has 2 atom stereocenters. The van der Waals surface area contributed by atoms with E-state index >= 15 is 0 Å². The molecule has 0 saturated heterocycles. The number of carbonyl (C=O) groups is 1. The lowest BCUT2D eigenvalue weighted by Crippen LogP contribution is -2.54. The number of rotatable bonds is 11. The van der Waals surface area contributed by atoms with Crippen LogP contribution >= 0.6 is 0 Å². The fraction of sp³-hybridized carbons (Fsp3) is 0.720. The number of nitrogens with one attached hydrogen (secondary N) is 2. The zero-order valence-electron chi connectivity index (χ0n) is 20.5. The molecule has 1 aliphatic rings. The molecular formula is C25H37F6N3O. The van der Waals surface area contributed by atoms with E-state index in [-0.39, 0.29) is 18.2 Å². The van der Waals surface area contributed by atoms with Gasteiger partial charge in [-0.05, 0) is 57.0 Å².